The lowest BCUT2D eigenvalue weighted by molar-refractivity contribution is 0.501. The Balaban J connectivity index is 0. The summed E-state index contributed by atoms with van der Waals surface area (Å²) in [5, 5.41) is -0.444. The molecule has 7 heteroatoms. The van der Waals surface area contributed by atoms with Crippen molar-refractivity contribution in [2.75, 3.05) is 0 Å². The van der Waals surface area contributed by atoms with Crippen molar-refractivity contribution in [2.24, 2.45) is 0 Å². The molecule has 5 nitrogen and oxygen atoms in total. The summed E-state index contributed by atoms with van der Waals surface area (Å²) in [6.45, 7) is 2.92. The molecule has 0 saturated heterocycles. The van der Waals surface area contributed by atoms with Crippen molar-refractivity contribution in [1.29, 1.82) is 0 Å². The van der Waals surface area contributed by atoms with Gasteiger partial charge in [0.15, 0.2) is 0 Å². The van der Waals surface area contributed by atoms with E-state index in [-0.39, 0.29) is 6.15 Å². The van der Waals surface area contributed by atoms with Gasteiger partial charge in [-0.1, -0.05) is 6.58 Å². The number of hydrogen-bond donors (Lipinski definition) is 3. The Hall–Kier alpha value is 0.0800. The standard InChI is InChI=1S/C2H6O4P2.H3N/c1-2(7(3)4)8(5)6;/h7-8H,1H2,(H,3,4)(H,5,6);1H3. The highest BCUT2D eigenvalue weighted by Gasteiger charge is 2.03. The van der Waals surface area contributed by atoms with E-state index in [1.54, 1.807) is 0 Å². The highest BCUT2D eigenvalue weighted by molar-refractivity contribution is 7.64. The second kappa shape index (κ2) is 4.91. The molecule has 0 bridgehead atoms. The second-order valence-corrected chi connectivity index (χ2v) is 4.02. The first-order chi connectivity index (χ1) is 3.55. The maximum atomic E-state index is 9.89. The van der Waals surface area contributed by atoms with Crippen molar-refractivity contribution < 1.29 is 18.9 Å². The lowest BCUT2D eigenvalue weighted by Gasteiger charge is -1.90. The van der Waals surface area contributed by atoms with Gasteiger partial charge in [-0.15, -0.1) is 0 Å². The Morgan fingerprint density at radius 1 is 1.22 bits per heavy atom. The molecule has 0 aliphatic rings. The van der Waals surface area contributed by atoms with E-state index in [9.17, 15) is 9.13 Å². The molecular weight excluding hydrogens is 164 g/mol. The van der Waals surface area contributed by atoms with Gasteiger partial charge in [0.1, 0.15) is 0 Å². The van der Waals surface area contributed by atoms with Crippen molar-refractivity contribution in [2.45, 2.75) is 0 Å². The summed E-state index contributed by atoms with van der Waals surface area (Å²) >= 11 is 0. The van der Waals surface area contributed by atoms with Gasteiger partial charge in [0.05, 0.1) is 5.06 Å². The predicted molar refractivity (Wildman–Crippen MR) is 36.6 cm³/mol. The van der Waals surface area contributed by atoms with E-state index in [0.29, 0.717) is 0 Å². The van der Waals surface area contributed by atoms with Gasteiger partial charge in [-0.25, -0.2) is 0 Å². The van der Waals surface area contributed by atoms with Crippen LogP contribution in [0.25, 0.3) is 0 Å². The topological polar surface area (TPSA) is 110 Å². The Morgan fingerprint density at radius 2 is 1.44 bits per heavy atom. The lowest BCUT2D eigenvalue weighted by atomic mass is 11.3. The fourth-order valence-electron chi connectivity index (χ4n) is 0.0915. The minimum atomic E-state index is -2.97. The summed E-state index contributed by atoms with van der Waals surface area (Å²) in [7, 11) is -5.95. The molecule has 0 aromatic heterocycles. The molecular formula is C2H9NO4P2. The molecule has 0 aromatic rings. The third-order valence-electron chi connectivity index (χ3n) is 0.516. The maximum absolute atomic E-state index is 9.89. The molecule has 0 fully saturated rings. The summed E-state index contributed by atoms with van der Waals surface area (Å²) < 4.78 is 19.8. The van der Waals surface area contributed by atoms with Crippen LogP contribution in [-0.2, 0) is 9.13 Å². The lowest BCUT2D eigenvalue weighted by Crippen LogP contribution is -1.60. The smallest absolute Gasteiger partial charge is 0.222 e. The average Bonchev–Trinajstić information content (AvgIpc) is 1.64. The van der Waals surface area contributed by atoms with Gasteiger partial charge < -0.3 is 15.9 Å². The zero-order valence-corrected chi connectivity index (χ0v) is 6.63. The molecule has 0 rings (SSSR count). The van der Waals surface area contributed by atoms with Gasteiger partial charge in [0.25, 0.3) is 0 Å². The molecule has 9 heavy (non-hydrogen) atoms. The normalized spacial score (nSPS) is 15.3. The summed E-state index contributed by atoms with van der Waals surface area (Å²) in [5.41, 5.74) is 0. The van der Waals surface area contributed by atoms with Crippen LogP contribution in [0.5, 0.6) is 0 Å². The first kappa shape index (κ1) is 11.8. The van der Waals surface area contributed by atoms with Crippen LogP contribution in [-0.4, -0.2) is 9.79 Å². The van der Waals surface area contributed by atoms with Crippen LogP contribution < -0.4 is 6.15 Å². The van der Waals surface area contributed by atoms with E-state index in [4.69, 9.17) is 9.79 Å². The summed E-state index contributed by atoms with van der Waals surface area (Å²) in [6.07, 6.45) is 0. The van der Waals surface area contributed by atoms with Crippen molar-refractivity contribution in [3.8, 4) is 0 Å². The Bertz CT molecular complexity index is 139. The van der Waals surface area contributed by atoms with Crippen LogP contribution in [0.15, 0.2) is 11.6 Å². The molecule has 56 valence electrons. The van der Waals surface area contributed by atoms with Crippen molar-refractivity contribution in [1.82, 2.24) is 6.15 Å². The molecule has 0 saturated carbocycles. The molecule has 2 unspecified atom stereocenters. The first-order valence-corrected chi connectivity index (χ1v) is 4.42. The van der Waals surface area contributed by atoms with Crippen LogP contribution in [0.3, 0.4) is 0 Å². The minimum absolute atomic E-state index is 0. The molecule has 0 spiro atoms. The van der Waals surface area contributed by atoms with E-state index in [1.807, 2.05) is 0 Å². The predicted octanol–water partition coefficient (Wildman–Crippen LogP) is 0.554. The van der Waals surface area contributed by atoms with Crippen LogP contribution >= 0.6 is 16.1 Å². The Kier molecular flexibility index (Phi) is 6.46. The summed E-state index contributed by atoms with van der Waals surface area (Å²) in [6, 6.07) is 0. The third-order valence-corrected chi connectivity index (χ3v) is 2.83. The van der Waals surface area contributed by atoms with E-state index >= 15 is 0 Å². The van der Waals surface area contributed by atoms with Crippen LogP contribution in [0, 0.1) is 0 Å². The fraction of sp³-hybridized carbons (Fsp3) is 0. The zero-order chi connectivity index (χ0) is 6.73. The Labute approximate surface area is 53.7 Å². The summed E-state index contributed by atoms with van der Waals surface area (Å²) in [4.78, 5) is 16.2. The second-order valence-electron chi connectivity index (χ2n) is 1.09. The third kappa shape index (κ3) is 4.58. The number of rotatable bonds is 2. The summed E-state index contributed by atoms with van der Waals surface area (Å²) in [5.74, 6) is 0. The van der Waals surface area contributed by atoms with E-state index < -0.39 is 21.1 Å². The van der Waals surface area contributed by atoms with Crippen LogP contribution in [0.4, 0.5) is 0 Å². The van der Waals surface area contributed by atoms with E-state index in [1.165, 1.54) is 0 Å². The number of hydrogen-bond acceptors (Lipinski definition) is 3. The SMILES string of the molecule is C=C([PH](=O)O)[PH](=O)O.N. The molecule has 0 aromatic carbocycles. The van der Waals surface area contributed by atoms with E-state index in [0.717, 1.165) is 0 Å². The minimum Gasteiger partial charge on any atom is -0.344 e. The van der Waals surface area contributed by atoms with E-state index in [2.05, 4.69) is 6.58 Å². The largest absolute Gasteiger partial charge is 0.344 e. The fourth-order valence-corrected chi connectivity index (χ4v) is 0.823. The monoisotopic (exact) mass is 173 g/mol. The maximum Gasteiger partial charge on any atom is 0.222 e. The first-order valence-electron chi connectivity index (χ1n) is 1.71. The average molecular weight is 173 g/mol. The van der Waals surface area contributed by atoms with Crippen molar-refractivity contribution >= 4 is 16.1 Å². The Morgan fingerprint density at radius 3 is 1.44 bits per heavy atom. The van der Waals surface area contributed by atoms with Crippen molar-refractivity contribution in [3.63, 3.8) is 0 Å². The van der Waals surface area contributed by atoms with Crippen LogP contribution in [0.1, 0.15) is 0 Å². The van der Waals surface area contributed by atoms with Gasteiger partial charge in [-0.05, 0) is 0 Å². The van der Waals surface area contributed by atoms with Gasteiger partial charge >= 0.3 is 0 Å². The molecule has 0 heterocycles. The molecule has 0 radical (unpaired) electrons. The quantitative estimate of drug-likeness (QED) is 0.528. The van der Waals surface area contributed by atoms with Crippen molar-refractivity contribution in [3.05, 3.63) is 11.6 Å². The van der Waals surface area contributed by atoms with Gasteiger partial charge in [0, 0.05) is 0 Å². The van der Waals surface area contributed by atoms with Gasteiger partial charge in [-0.2, -0.15) is 0 Å². The highest BCUT2D eigenvalue weighted by Crippen LogP contribution is 2.41. The molecule has 2 atom stereocenters. The van der Waals surface area contributed by atoms with Crippen LogP contribution in [0.2, 0.25) is 0 Å². The van der Waals surface area contributed by atoms with Gasteiger partial charge in [0.2, 0.25) is 16.1 Å². The molecule has 5 N–H and O–H groups in total. The molecule has 0 aliphatic carbocycles. The highest BCUT2D eigenvalue weighted by atomic mass is 31.2. The zero-order valence-electron chi connectivity index (χ0n) is 4.63. The van der Waals surface area contributed by atoms with Gasteiger partial charge in [-0.3, -0.25) is 9.13 Å². The molecule has 0 aliphatic heterocycles. The molecule has 0 amide bonds.